The second-order valence-corrected chi connectivity index (χ2v) is 14.9. The number of nitrogens with two attached hydrogens (primary N) is 2. The zero-order valence-corrected chi connectivity index (χ0v) is 36.1. The molecule has 0 spiro atoms. The topological polar surface area (TPSA) is 321 Å². The number of amides is 5. The zero-order chi connectivity index (χ0) is 46.1. The van der Waals surface area contributed by atoms with Crippen LogP contribution in [0.5, 0.6) is 0 Å². The SMILES string of the molecule is C#CCCCNC(=O)[C@H](CCCCN)NC(=O)CCn1cc(CCC(=O)NCCOCCNC(=O)CC[C@@H](C)NC(=O)c2ccc(NCc3cnc4nc(N)[nH]c(=O)c4n3)cc2)nn1. The lowest BCUT2D eigenvalue weighted by Crippen LogP contribution is -2.47. The molecule has 0 bridgehead atoms. The van der Waals surface area contributed by atoms with Gasteiger partial charge in [-0.15, -0.1) is 17.4 Å². The van der Waals surface area contributed by atoms with Gasteiger partial charge in [0.2, 0.25) is 29.6 Å². The minimum absolute atomic E-state index is 0.0359. The van der Waals surface area contributed by atoms with Gasteiger partial charge in [0.05, 0.1) is 43.9 Å². The van der Waals surface area contributed by atoms with Crippen LogP contribution in [0, 0.1) is 12.3 Å². The van der Waals surface area contributed by atoms with Crippen LogP contribution in [0.1, 0.15) is 86.5 Å². The van der Waals surface area contributed by atoms with Gasteiger partial charge in [-0.1, -0.05) is 5.21 Å². The number of anilines is 2. The molecule has 2 atom stereocenters. The summed E-state index contributed by atoms with van der Waals surface area (Å²) >= 11 is 0. The summed E-state index contributed by atoms with van der Waals surface area (Å²) in [5.41, 5.74) is 13.2. The molecule has 11 N–H and O–H groups in total. The predicted molar refractivity (Wildman–Crippen MR) is 238 cm³/mol. The molecule has 22 nitrogen and oxygen atoms in total. The van der Waals surface area contributed by atoms with E-state index in [1.807, 2.05) is 6.92 Å². The zero-order valence-electron chi connectivity index (χ0n) is 36.1. The van der Waals surface area contributed by atoms with E-state index in [0.717, 1.165) is 12.1 Å². The average molecular weight is 886 g/mol. The largest absolute Gasteiger partial charge is 0.379 e. The summed E-state index contributed by atoms with van der Waals surface area (Å²) in [7, 11) is 0. The molecule has 0 saturated heterocycles. The Morgan fingerprint density at radius 3 is 2.38 bits per heavy atom. The molecule has 0 aliphatic rings. The van der Waals surface area contributed by atoms with Crippen LogP contribution < -0.4 is 48.9 Å². The molecule has 64 heavy (non-hydrogen) atoms. The standard InChI is InChI=1S/C42H59N15O7/c1-3-4-7-19-47-40(62)33(8-5-6-18-43)52-36(60)17-22-57-27-31(55-56-57)14-16-35(59)46-21-24-64-23-20-45-34(58)15-9-28(2)50-39(61)29-10-12-30(13-11-29)48-25-32-26-49-38-37(51-32)41(63)54-42(44)53-38/h1,10-13,26-28,33,48H,4-9,14-25,43H2,2H3,(H,45,58)(H,46,59)(H,47,62)(H,50,61)(H,52,60)(H3,44,49,53,54,63)/t28-,33+/m1/s1. The normalized spacial score (nSPS) is 11.8. The number of aromatic amines is 1. The van der Waals surface area contributed by atoms with Crippen LogP contribution in [-0.4, -0.2) is 116 Å². The molecule has 3 aromatic heterocycles. The minimum atomic E-state index is -0.665. The van der Waals surface area contributed by atoms with E-state index in [9.17, 15) is 28.8 Å². The molecule has 4 aromatic rings. The number of unbranched alkanes of at least 4 members (excludes halogenated alkanes) is 2. The molecule has 3 heterocycles. The van der Waals surface area contributed by atoms with E-state index < -0.39 is 11.6 Å². The monoisotopic (exact) mass is 885 g/mol. The van der Waals surface area contributed by atoms with Crippen LogP contribution in [0.2, 0.25) is 0 Å². The summed E-state index contributed by atoms with van der Waals surface area (Å²) in [5.74, 6) is 1.32. The number of nitrogens with zero attached hydrogens (tertiary/aromatic N) is 6. The van der Waals surface area contributed by atoms with Crippen molar-refractivity contribution < 1.29 is 28.7 Å². The molecule has 4 rings (SSSR count). The van der Waals surface area contributed by atoms with Crippen LogP contribution in [0.3, 0.4) is 0 Å². The Kier molecular flexibility index (Phi) is 21.1. The maximum Gasteiger partial charge on any atom is 0.280 e. The van der Waals surface area contributed by atoms with Crippen molar-refractivity contribution >= 4 is 52.3 Å². The Morgan fingerprint density at radius 1 is 0.891 bits per heavy atom. The van der Waals surface area contributed by atoms with Crippen LogP contribution in [-0.2, 0) is 43.4 Å². The van der Waals surface area contributed by atoms with Crippen molar-refractivity contribution in [2.75, 3.05) is 50.4 Å². The van der Waals surface area contributed by atoms with Gasteiger partial charge >= 0.3 is 0 Å². The van der Waals surface area contributed by atoms with Gasteiger partial charge in [0.25, 0.3) is 11.5 Å². The summed E-state index contributed by atoms with van der Waals surface area (Å²) < 4.78 is 7.05. The van der Waals surface area contributed by atoms with Crippen molar-refractivity contribution in [2.45, 2.75) is 96.3 Å². The quantitative estimate of drug-likeness (QED) is 0.0252. The van der Waals surface area contributed by atoms with Crippen molar-refractivity contribution in [1.29, 1.82) is 0 Å². The third kappa shape index (κ3) is 18.2. The molecule has 0 fully saturated rings. The highest BCUT2D eigenvalue weighted by Gasteiger charge is 2.20. The van der Waals surface area contributed by atoms with E-state index in [-0.39, 0.29) is 98.3 Å². The van der Waals surface area contributed by atoms with Gasteiger partial charge in [-0.25, -0.2) is 9.97 Å². The second kappa shape index (κ2) is 27.2. The number of nitrogen functional groups attached to an aromatic ring is 1. The Labute approximate surface area is 370 Å². The predicted octanol–water partition coefficient (Wildman–Crippen LogP) is -0.187. The number of fused-ring (bicyclic) bond motifs is 1. The first-order chi connectivity index (χ1) is 30.9. The molecular formula is C42H59N15O7. The second-order valence-electron chi connectivity index (χ2n) is 14.9. The van der Waals surface area contributed by atoms with E-state index in [1.165, 1.54) is 10.9 Å². The number of H-pyrrole nitrogens is 1. The van der Waals surface area contributed by atoms with E-state index in [0.29, 0.717) is 81.7 Å². The number of hydrogen-bond donors (Lipinski definition) is 9. The molecule has 5 amide bonds. The molecule has 344 valence electrons. The Hall–Kier alpha value is -6.99. The Balaban J connectivity index is 1.01. The number of carbonyl (C=O) groups is 5. The number of nitrogens with one attached hydrogen (secondary N) is 7. The summed E-state index contributed by atoms with van der Waals surface area (Å²) in [6, 6.07) is 5.92. The molecule has 22 heteroatoms. The number of benzene rings is 1. The van der Waals surface area contributed by atoms with Gasteiger partial charge < -0.3 is 48.1 Å². The maximum atomic E-state index is 12.8. The first-order valence-electron chi connectivity index (χ1n) is 21.3. The van der Waals surface area contributed by atoms with E-state index in [2.05, 4.69) is 68.1 Å². The smallest absolute Gasteiger partial charge is 0.280 e. The van der Waals surface area contributed by atoms with E-state index in [4.69, 9.17) is 22.6 Å². The van der Waals surface area contributed by atoms with Crippen LogP contribution >= 0.6 is 0 Å². The van der Waals surface area contributed by atoms with E-state index in [1.54, 1.807) is 30.5 Å². The van der Waals surface area contributed by atoms with Crippen molar-refractivity contribution in [1.82, 2.24) is 61.5 Å². The van der Waals surface area contributed by atoms with Crippen molar-refractivity contribution in [3.8, 4) is 12.3 Å². The molecule has 0 unspecified atom stereocenters. The number of hydrogen-bond acceptors (Lipinski definition) is 15. The van der Waals surface area contributed by atoms with Gasteiger partial charge in [-0.2, -0.15) is 4.98 Å². The Morgan fingerprint density at radius 2 is 1.64 bits per heavy atom. The van der Waals surface area contributed by atoms with Gasteiger partial charge in [0.1, 0.15) is 6.04 Å². The lowest BCUT2D eigenvalue weighted by Gasteiger charge is -2.18. The van der Waals surface area contributed by atoms with Gasteiger partial charge in [0.15, 0.2) is 11.2 Å². The molecule has 1 aromatic carbocycles. The maximum absolute atomic E-state index is 12.8. The number of aromatic nitrogens is 7. The highest BCUT2D eigenvalue weighted by molar-refractivity contribution is 5.94. The number of rotatable bonds is 29. The van der Waals surface area contributed by atoms with Gasteiger partial charge in [-0.05, 0) is 69.8 Å². The fraction of sp³-hybridized carbons (Fsp3) is 0.500. The third-order valence-corrected chi connectivity index (χ3v) is 9.58. The lowest BCUT2D eigenvalue weighted by molar-refractivity contribution is -0.129. The molecule has 0 aliphatic heterocycles. The first kappa shape index (κ1) is 49.7. The Bertz CT molecular complexity index is 2240. The molecular weight excluding hydrogens is 827 g/mol. The number of aryl methyl sites for hydroxylation is 2. The van der Waals surface area contributed by atoms with Crippen LogP contribution in [0.25, 0.3) is 11.2 Å². The number of terminal acetylenes is 1. The molecule has 0 radical (unpaired) electrons. The summed E-state index contributed by atoms with van der Waals surface area (Å²) in [6.07, 6.45) is 12.9. The first-order valence-corrected chi connectivity index (χ1v) is 21.3. The molecule has 0 saturated carbocycles. The van der Waals surface area contributed by atoms with Crippen molar-refractivity contribution in [3.63, 3.8) is 0 Å². The fourth-order valence-electron chi connectivity index (χ4n) is 6.09. The molecule has 0 aliphatic carbocycles. The van der Waals surface area contributed by atoms with Crippen molar-refractivity contribution in [3.05, 3.63) is 64.0 Å². The summed E-state index contributed by atoms with van der Waals surface area (Å²) in [6.45, 7) is 4.41. The number of carbonyl (C=O) groups excluding carboxylic acids is 5. The van der Waals surface area contributed by atoms with E-state index >= 15 is 0 Å². The average Bonchev–Trinajstić information content (AvgIpc) is 3.75. The minimum Gasteiger partial charge on any atom is -0.379 e. The highest BCUT2D eigenvalue weighted by Crippen LogP contribution is 2.12. The van der Waals surface area contributed by atoms with Crippen LogP contribution in [0.4, 0.5) is 11.6 Å². The summed E-state index contributed by atoms with van der Waals surface area (Å²) in [5, 5.41) is 25.4. The lowest BCUT2D eigenvalue weighted by atomic mass is 10.1. The third-order valence-electron chi connectivity index (χ3n) is 9.58. The number of ether oxygens (including phenoxy) is 1. The van der Waals surface area contributed by atoms with Gasteiger partial charge in [0, 0.05) is 75.2 Å². The van der Waals surface area contributed by atoms with Gasteiger partial charge in [-0.3, -0.25) is 38.4 Å². The fourth-order valence-corrected chi connectivity index (χ4v) is 6.09. The van der Waals surface area contributed by atoms with Crippen LogP contribution in [0.15, 0.2) is 41.5 Å². The summed E-state index contributed by atoms with van der Waals surface area (Å²) in [4.78, 5) is 89.7. The van der Waals surface area contributed by atoms with Crippen molar-refractivity contribution in [2.24, 2.45) is 5.73 Å². The highest BCUT2D eigenvalue weighted by atomic mass is 16.5.